The van der Waals surface area contributed by atoms with E-state index in [1.165, 1.54) is 17.4 Å². The van der Waals surface area contributed by atoms with Crippen LogP contribution in [0.3, 0.4) is 0 Å². The maximum atomic E-state index is 12.0. The summed E-state index contributed by atoms with van der Waals surface area (Å²) in [5.74, 6) is 1.22. The first kappa shape index (κ1) is 14.2. The number of carbonyl (C=O) groups is 1. The van der Waals surface area contributed by atoms with Gasteiger partial charge in [0.25, 0.3) is 0 Å². The molecule has 1 aliphatic heterocycles. The first-order valence-electron chi connectivity index (χ1n) is 7.01. The van der Waals surface area contributed by atoms with Crippen LogP contribution >= 0.6 is 22.7 Å². The highest BCUT2D eigenvalue weighted by atomic mass is 32.1. The van der Waals surface area contributed by atoms with Gasteiger partial charge in [-0.15, -0.1) is 11.3 Å². The summed E-state index contributed by atoms with van der Waals surface area (Å²) < 4.78 is 12.1. The van der Waals surface area contributed by atoms with Crippen LogP contribution < -0.4 is 14.8 Å². The topological polar surface area (TPSA) is 60.5 Å². The Morgan fingerprint density at radius 2 is 2.09 bits per heavy atom. The van der Waals surface area contributed by atoms with Gasteiger partial charge in [-0.2, -0.15) is 0 Å². The van der Waals surface area contributed by atoms with Gasteiger partial charge in [-0.1, -0.05) is 17.4 Å². The minimum absolute atomic E-state index is 0.199. The highest BCUT2D eigenvalue weighted by molar-refractivity contribution is 7.22. The molecule has 7 heteroatoms. The number of carbonyl (C=O) groups excluding carboxylic acids is 1. The van der Waals surface area contributed by atoms with Crippen molar-refractivity contribution in [3.8, 4) is 11.5 Å². The molecule has 0 spiro atoms. The van der Waals surface area contributed by atoms with Crippen molar-refractivity contribution in [3.63, 3.8) is 0 Å². The van der Waals surface area contributed by atoms with Crippen LogP contribution in [0.2, 0.25) is 0 Å². The maximum absolute atomic E-state index is 12.0. The Morgan fingerprint density at radius 1 is 1.26 bits per heavy atom. The molecular weight excluding hydrogens is 332 g/mol. The Hall–Kier alpha value is -2.38. The molecule has 0 fully saturated rings. The fourth-order valence-electron chi connectivity index (χ4n) is 2.21. The Labute approximate surface area is 140 Å². The summed E-state index contributed by atoms with van der Waals surface area (Å²) in [6.45, 7) is 1.09. The molecule has 4 rings (SSSR count). The van der Waals surface area contributed by atoms with E-state index >= 15 is 0 Å². The van der Waals surface area contributed by atoms with Gasteiger partial charge in [0, 0.05) is 23.1 Å². The van der Waals surface area contributed by atoms with Crippen LogP contribution in [0.15, 0.2) is 35.7 Å². The number of hydrogen-bond acceptors (Lipinski definition) is 6. The molecule has 2 aromatic heterocycles. The summed E-state index contributed by atoms with van der Waals surface area (Å²) >= 11 is 2.99. The van der Waals surface area contributed by atoms with Gasteiger partial charge in [0.1, 0.15) is 13.2 Å². The molecule has 0 bridgehead atoms. The molecule has 0 saturated heterocycles. The molecule has 0 saturated carbocycles. The minimum Gasteiger partial charge on any atom is -0.486 e. The van der Waals surface area contributed by atoms with E-state index in [1.54, 1.807) is 17.4 Å². The number of hydrogen-bond donors (Lipinski definition) is 1. The number of anilines is 1. The van der Waals surface area contributed by atoms with Gasteiger partial charge in [-0.05, 0) is 17.5 Å². The van der Waals surface area contributed by atoms with E-state index in [0.717, 1.165) is 20.8 Å². The third-order valence-corrected chi connectivity index (χ3v) is 5.00. The minimum atomic E-state index is -0.199. The molecule has 1 amide bonds. The van der Waals surface area contributed by atoms with Crippen LogP contribution in [0.4, 0.5) is 5.13 Å². The molecule has 0 unspecified atom stereocenters. The summed E-state index contributed by atoms with van der Waals surface area (Å²) in [4.78, 5) is 17.4. The number of benzene rings is 1. The van der Waals surface area contributed by atoms with Crippen molar-refractivity contribution in [2.45, 2.75) is 0 Å². The predicted octanol–water partition coefficient (Wildman–Crippen LogP) is 3.78. The number of thiazole rings is 1. The van der Waals surface area contributed by atoms with Gasteiger partial charge >= 0.3 is 0 Å². The zero-order valence-corrected chi connectivity index (χ0v) is 13.6. The number of ether oxygens (including phenoxy) is 2. The van der Waals surface area contributed by atoms with Crippen molar-refractivity contribution >= 4 is 50.0 Å². The smallest absolute Gasteiger partial charge is 0.250 e. The standard InChI is InChI=1S/C16H12N2O3S2/c19-15(4-3-10-2-1-7-22-10)18-16-17-11-8-12-13(9-14(11)23-16)21-6-5-20-12/h1-4,7-9H,5-6H2,(H,17,18,19). The van der Waals surface area contributed by atoms with E-state index in [1.807, 2.05) is 29.6 Å². The van der Waals surface area contributed by atoms with Gasteiger partial charge in [-0.25, -0.2) is 4.98 Å². The van der Waals surface area contributed by atoms with Crippen molar-refractivity contribution in [2.24, 2.45) is 0 Å². The third kappa shape index (κ3) is 3.06. The second-order valence-electron chi connectivity index (χ2n) is 4.82. The zero-order chi connectivity index (χ0) is 15.6. The van der Waals surface area contributed by atoms with Crippen LogP contribution in [0, 0.1) is 0 Å². The molecule has 0 atom stereocenters. The first-order chi connectivity index (χ1) is 11.3. The van der Waals surface area contributed by atoms with Crippen molar-refractivity contribution in [1.82, 2.24) is 4.98 Å². The van der Waals surface area contributed by atoms with Crippen molar-refractivity contribution in [3.05, 3.63) is 40.6 Å². The highest BCUT2D eigenvalue weighted by Crippen LogP contribution is 2.37. The summed E-state index contributed by atoms with van der Waals surface area (Å²) in [7, 11) is 0. The van der Waals surface area contributed by atoms with Crippen LogP contribution in [0.25, 0.3) is 16.3 Å². The molecule has 0 radical (unpaired) electrons. The zero-order valence-electron chi connectivity index (χ0n) is 11.9. The fraction of sp³-hybridized carbons (Fsp3) is 0.125. The van der Waals surface area contributed by atoms with E-state index in [-0.39, 0.29) is 5.91 Å². The molecule has 5 nitrogen and oxygen atoms in total. The van der Waals surface area contributed by atoms with Crippen LogP contribution in [0.5, 0.6) is 11.5 Å². The van der Waals surface area contributed by atoms with E-state index in [2.05, 4.69) is 10.3 Å². The van der Waals surface area contributed by atoms with Crippen LogP contribution in [-0.2, 0) is 4.79 Å². The lowest BCUT2D eigenvalue weighted by atomic mass is 10.3. The molecule has 0 aliphatic carbocycles. The van der Waals surface area contributed by atoms with Crippen LogP contribution in [-0.4, -0.2) is 24.1 Å². The third-order valence-electron chi connectivity index (χ3n) is 3.22. The van der Waals surface area contributed by atoms with Gasteiger partial charge in [0.05, 0.1) is 10.2 Å². The van der Waals surface area contributed by atoms with E-state index in [4.69, 9.17) is 9.47 Å². The molecule has 23 heavy (non-hydrogen) atoms. The predicted molar refractivity (Wildman–Crippen MR) is 92.6 cm³/mol. The van der Waals surface area contributed by atoms with E-state index < -0.39 is 0 Å². The Bertz CT molecular complexity index is 841. The summed E-state index contributed by atoms with van der Waals surface area (Å²) in [5, 5.41) is 5.32. The normalized spacial score (nSPS) is 13.6. The van der Waals surface area contributed by atoms with E-state index in [9.17, 15) is 4.79 Å². The largest absolute Gasteiger partial charge is 0.486 e. The number of amides is 1. The second-order valence-corrected chi connectivity index (χ2v) is 6.83. The van der Waals surface area contributed by atoms with Crippen LogP contribution in [0.1, 0.15) is 4.88 Å². The quantitative estimate of drug-likeness (QED) is 0.735. The first-order valence-corrected chi connectivity index (χ1v) is 8.70. The second kappa shape index (κ2) is 6.02. The summed E-state index contributed by atoms with van der Waals surface area (Å²) in [6, 6.07) is 7.65. The Morgan fingerprint density at radius 3 is 2.87 bits per heavy atom. The Kier molecular flexibility index (Phi) is 3.72. The average Bonchev–Trinajstić information content (AvgIpc) is 3.19. The molecular formula is C16H12N2O3S2. The molecule has 3 aromatic rings. The SMILES string of the molecule is O=C(C=Cc1cccs1)Nc1nc2cc3c(cc2s1)OCCO3. The summed E-state index contributed by atoms with van der Waals surface area (Å²) in [5.41, 5.74) is 0.789. The Balaban J connectivity index is 1.53. The summed E-state index contributed by atoms with van der Waals surface area (Å²) in [6.07, 6.45) is 3.29. The number of aromatic nitrogens is 1. The molecule has 3 heterocycles. The monoisotopic (exact) mass is 344 g/mol. The molecule has 116 valence electrons. The van der Waals surface area contributed by atoms with Gasteiger partial charge < -0.3 is 9.47 Å². The van der Waals surface area contributed by atoms with Crippen molar-refractivity contribution in [1.29, 1.82) is 0 Å². The number of nitrogens with zero attached hydrogens (tertiary/aromatic N) is 1. The lowest BCUT2D eigenvalue weighted by Crippen LogP contribution is -2.15. The van der Waals surface area contributed by atoms with Crippen molar-refractivity contribution < 1.29 is 14.3 Å². The van der Waals surface area contributed by atoms with Gasteiger partial charge in [-0.3, -0.25) is 10.1 Å². The highest BCUT2D eigenvalue weighted by Gasteiger charge is 2.15. The lowest BCUT2D eigenvalue weighted by molar-refractivity contribution is -0.111. The molecule has 1 aromatic carbocycles. The number of nitrogens with one attached hydrogen (secondary N) is 1. The molecule has 1 aliphatic rings. The van der Waals surface area contributed by atoms with Crippen molar-refractivity contribution in [2.75, 3.05) is 18.5 Å². The fourth-order valence-corrected chi connectivity index (χ4v) is 3.71. The number of fused-ring (bicyclic) bond motifs is 2. The molecule has 1 N–H and O–H groups in total. The maximum Gasteiger partial charge on any atom is 0.250 e. The van der Waals surface area contributed by atoms with Gasteiger partial charge in [0.15, 0.2) is 16.6 Å². The lowest BCUT2D eigenvalue weighted by Gasteiger charge is -2.17. The van der Waals surface area contributed by atoms with E-state index in [0.29, 0.717) is 24.1 Å². The van der Waals surface area contributed by atoms with Gasteiger partial charge in [0.2, 0.25) is 5.91 Å². The average molecular weight is 344 g/mol. The number of thiophene rings is 1. The number of rotatable bonds is 3.